The molecule has 0 aliphatic carbocycles. The summed E-state index contributed by atoms with van der Waals surface area (Å²) in [5, 5.41) is 0. The van der Waals surface area contributed by atoms with Gasteiger partial charge in [-0.05, 0) is 0 Å². The largest absolute Gasteiger partial charge is 0 e. The normalized spacial score (nSPS) is 0. The van der Waals surface area contributed by atoms with Gasteiger partial charge in [0.25, 0.3) is 0 Å². The summed E-state index contributed by atoms with van der Waals surface area (Å²) in [7, 11) is 0. The van der Waals surface area contributed by atoms with Crippen LogP contribution >= 0.6 is 0 Å². The van der Waals surface area contributed by atoms with E-state index in [1.165, 1.54) is 0 Å². The minimum Gasteiger partial charge on any atom is 0 e. The Morgan fingerprint density at radius 2 is 0.400 bits per heavy atom. The second-order valence-corrected chi connectivity index (χ2v) is 0. The minimum absolute atomic E-state index is 0. The van der Waals surface area contributed by atoms with Gasteiger partial charge in [-0.3, -0.25) is 0 Å². The van der Waals surface area contributed by atoms with Crippen molar-refractivity contribution in [3.63, 3.8) is 0 Å². The maximum Gasteiger partial charge on any atom is 0 e. The Balaban J connectivity index is 0. The molecule has 0 aliphatic rings. The summed E-state index contributed by atoms with van der Waals surface area (Å²) in [6, 6.07) is 0. The first kappa shape index (κ1) is 40.7. The van der Waals surface area contributed by atoms with Gasteiger partial charge in [-0.1, -0.05) is 0 Å². The molecule has 0 aliphatic heterocycles. The number of rotatable bonds is 0. The fourth-order valence-electron chi connectivity index (χ4n) is 0. The molecule has 0 atom stereocenters. The van der Waals surface area contributed by atoms with Crippen LogP contribution in [0.5, 0.6) is 0 Å². The maximum atomic E-state index is 0. The van der Waals surface area contributed by atoms with E-state index < -0.39 is 0 Å². The van der Waals surface area contributed by atoms with E-state index in [1.54, 1.807) is 0 Å². The molecule has 0 saturated carbocycles. The standard InChI is InChI=1S/2Al.3Au. The molecule has 0 nitrogen and oxygen atoms in total. The van der Waals surface area contributed by atoms with Gasteiger partial charge in [0.1, 0.15) is 0 Å². The summed E-state index contributed by atoms with van der Waals surface area (Å²) in [6.07, 6.45) is 0. The molecule has 0 amide bonds. The Morgan fingerprint density at radius 3 is 0.400 bits per heavy atom. The zero-order valence-electron chi connectivity index (χ0n) is 2.06. The topological polar surface area (TPSA) is 0 Å². The Hall–Kier alpha value is 3.29. The van der Waals surface area contributed by atoms with E-state index in [2.05, 4.69) is 0 Å². The van der Waals surface area contributed by atoms with Crippen LogP contribution in [0.15, 0.2) is 0 Å². The van der Waals surface area contributed by atoms with Gasteiger partial charge in [-0.15, -0.1) is 0 Å². The molecule has 0 unspecified atom stereocenters. The van der Waals surface area contributed by atoms with Crippen molar-refractivity contribution in [2.75, 3.05) is 0 Å². The fraction of sp³-hybridized carbons (Fsp3) is 0. The van der Waals surface area contributed by atoms with Crippen LogP contribution in [-0.2, 0) is 67.1 Å². The fourth-order valence-corrected chi connectivity index (χ4v) is 0. The molecule has 0 fully saturated rings. The SMILES string of the molecule is [Al].[Al].[Au].[Au].[Au]. The minimum atomic E-state index is 0. The van der Waals surface area contributed by atoms with Crippen molar-refractivity contribution < 1.29 is 67.1 Å². The molecule has 5 heavy (non-hydrogen) atoms. The summed E-state index contributed by atoms with van der Waals surface area (Å²) in [4.78, 5) is 0. The number of hydrogen-bond donors (Lipinski definition) is 0. The summed E-state index contributed by atoms with van der Waals surface area (Å²) in [6.45, 7) is 0. The van der Waals surface area contributed by atoms with Crippen molar-refractivity contribution in [1.29, 1.82) is 0 Å². The summed E-state index contributed by atoms with van der Waals surface area (Å²) in [5.41, 5.74) is 0. The second kappa shape index (κ2) is 26.7. The molecule has 0 aromatic heterocycles. The Kier molecular flexibility index (Phi) is 217. The molecule has 9 radical (unpaired) electrons. The van der Waals surface area contributed by atoms with Crippen molar-refractivity contribution in [2.45, 2.75) is 0 Å². The average Bonchev–Trinajstić information content (AvgIpc) is 0. The van der Waals surface area contributed by atoms with E-state index in [0.29, 0.717) is 0 Å². The predicted octanol–water partition coefficient (Wildman–Crippen LogP) is -0.769. The molecule has 39 valence electrons. The van der Waals surface area contributed by atoms with Gasteiger partial charge in [0.2, 0.25) is 0 Å². The molecular weight excluding hydrogens is 645 g/mol. The summed E-state index contributed by atoms with van der Waals surface area (Å²) < 4.78 is 0. The summed E-state index contributed by atoms with van der Waals surface area (Å²) in [5.74, 6) is 0. The smallest absolute Gasteiger partial charge is 0 e. The van der Waals surface area contributed by atoms with Crippen molar-refractivity contribution in [1.82, 2.24) is 0 Å². The van der Waals surface area contributed by atoms with Crippen LogP contribution < -0.4 is 0 Å². The van der Waals surface area contributed by atoms with Gasteiger partial charge in [-0.25, -0.2) is 0 Å². The molecular formula is Al2Au3. The van der Waals surface area contributed by atoms with Gasteiger partial charge in [-0.2, -0.15) is 0 Å². The van der Waals surface area contributed by atoms with Gasteiger partial charge < -0.3 is 0 Å². The van der Waals surface area contributed by atoms with Gasteiger partial charge in [0, 0.05) is 102 Å². The van der Waals surface area contributed by atoms with Gasteiger partial charge in [0.15, 0.2) is 0 Å². The molecule has 0 saturated heterocycles. The predicted molar refractivity (Wildman–Crippen MR) is 11.5 cm³/mol. The van der Waals surface area contributed by atoms with Crippen molar-refractivity contribution >= 4 is 34.7 Å². The average molecular weight is 645 g/mol. The van der Waals surface area contributed by atoms with E-state index in [-0.39, 0.29) is 102 Å². The van der Waals surface area contributed by atoms with Crippen LogP contribution in [0, 0.1) is 0 Å². The zero-order chi connectivity index (χ0) is 0. The van der Waals surface area contributed by atoms with Gasteiger partial charge >= 0.3 is 0 Å². The third-order valence-electron chi connectivity index (χ3n) is 0. The first-order chi connectivity index (χ1) is 0. The van der Waals surface area contributed by atoms with Crippen LogP contribution in [0.3, 0.4) is 0 Å². The van der Waals surface area contributed by atoms with E-state index >= 15 is 0 Å². The van der Waals surface area contributed by atoms with Crippen molar-refractivity contribution in [3.8, 4) is 0 Å². The van der Waals surface area contributed by atoms with Gasteiger partial charge in [0.05, 0.1) is 0 Å². The third-order valence-corrected chi connectivity index (χ3v) is 0. The monoisotopic (exact) mass is 645 g/mol. The maximum absolute atomic E-state index is 0. The van der Waals surface area contributed by atoms with E-state index in [9.17, 15) is 0 Å². The molecule has 0 spiro atoms. The molecule has 0 aromatic carbocycles. The molecule has 0 heterocycles. The summed E-state index contributed by atoms with van der Waals surface area (Å²) >= 11 is 0. The van der Waals surface area contributed by atoms with Crippen LogP contribution in [0.25, 0.3) is 0 Å². The second-order valence-electron chi connectivity index (χ2n) is 0. The van der Waals surface area contributed by atoms with Crippen molar-refractivity contribution in [2.24, 2.45) is 0 Å². The van der Waals surface area contributed by atoms with Crippen molar-refractivity contribution in [3.05, 3.63) is 0 Å². The van der Waals surface area contributed by atoms with E-state index in [0.717, 1.165) is 0 Å². The zero-order valence-corrected chi connectivity index (χ0v) is 10.9. The molecule has 5 heteroatoms. The van der Waals surface area contributed by atoms with Crippen LogP contribution in [0.1, 0.15) is 0 Å². The van der Waals surface area contributed by atoms with E-state index in [4.69, 9.17) is 0 Å². The van der Waals surface area contributed by atoms with E-state index in [1.807, 2.05) is 0 Å². The first-order valence-electron chi connectivity index (χ1n) is 0. The Morgan fingerprint density at radius 1 is 0.400 bits per heavy atom. The molecule has 0 bridgehead atoms. The number of hydrogen-bond acceptors (Lipinski definition) is 0. The molecule has 0 rings (SSSR count). The third kappa shape index (κ3) is 18.9. The van der Waals surface area contributed by atoms with Crippen LogP contribution in [0.2, 0.25) is 0 Å². The first-order valence-corrected chi connectivity index (χ1v) is 0. The molecule has 0 aromatic rings. The quantitative estimate of drug-likeness (QED) is 0.304. The van der Waals surface area contributed by atoms with Crippen LogP contribution in [-0.4, -0.2) is 34.7 Å². The molecule has 0 N–H and O–H groups in total. The van der Waals surface area contributed by atoms with Crippen LogP contribution in [0.4, 0.5) is 0 Å². The Labute approximate surface area is 100 Å². The Bertz CT molecular complexity index is 4.85.